The molecule has 2 aromatic rings. The van der Waals surface area contributed by atoms with E-state index in [1.54, 1.807) is 12.1 Å². The average Bonchev–Trinajstić information content (AvgIpc) is 2.76. The second kappa shape index (κ2) is 9.68. The molecule has 1 aliphatic carbocycles. The zero-order valence-corrected chi connectivity index (χ0v) is 19.2. The number of hydrogen-bond donors (Lipinski definition) is 1. The molecule has 11 heteroatoms. The minimum Gasteiger partial charge on any atom is -0.489 e. The van der Waals surface area contributed by atoms with Crippen LogP contribution in [0.25, 0.3) is 5.57 Å². The lowest BCUT2D eigenvalue weighted by Gasteiger charge is -2.39. The first-order chi connectivity index (χ1) is 16.8. The molecule has 36 heavy (non-hydrogen) atoms. The van der Waals surface area contributed by atoms with Crippen molar-refractivity contribution >= 4 is 11.7 Å². The Kier molecular flexibility index (Phi) is 6.96. The fourth-order valence-corrected chi connectivity index (χ4v) is 4.54. The number of ether oxygens (including phenoxy) is 2. The van der Waals surface area contributed by atoms with Crippen molar-refractivity contribution in [3.05, 3.63) is 69.8 Å². The Bertz CT molecular complexity index is 1180. The second-order valence-electron chi connectivity index (χ2n) is 8.90. The van der Waals surface area contributed by atoms with Crippen LogP contribution in [0.4, 0.5) is 31.1 Å². The van der Waals surface area contributed by atoms with Crippen molar-refractivity contribution in [1.29, 1.82) is 0 Å². The van der Waals surface area contributed by atoms with Crippen molar-refractivity contribution in [3.63, 3.8) is 0 Å². The molecule has 0 amide bonds. The number of carboxylic acid groups (broad SMARTS) is 1. The van der Waals surface area contributed by atoms with E-state index in [-0.39, 0.29) is 17.7 Å². The molecule has 0 aromatic heterocycles. The molecule has 1 saturated heterocycles. The molecule has 0 atom stereocenters. The van der Waals surface area contributed by atoms with Crippen molar-refractivity contribution in [2.45, 2.75) is 44.8 Å². The molecule has 2 aliphatic rings. The topological polar surface area (TPSA) is 59.0 Å². The molecule has 0 unspecified atom stereocenters. The number of nitrogens with zero attached hydrogens (tertiary/aromatic N) is 1. The molecule has 0 spiro atoms. The lowest BCUT2D eigenvalue weighted by molar-refractivity contribution is -0.143. The largest absolute Gasteiger partial charge is 0.506 e. The quantitative estimate of drug-likeness (QED) is 0.356. The summed E-state index contributed by atoms with van der Waals surface area (Å²) in [6.45, 7) is 3.22. The van der Waals surface area contributed by atoms with Gasteiger partial charge in [0.25, 0.3) is 0 Å². The van der Waals surface area contributed by atoms with Crippen LogP contribution < -0.4 is 4.74 Å². The van der Waals surface area contributed by atoms with Crippen molar-refractivity contribution in [2.24, 2.45) is 0 Å². The molecule has 0 saturated carbocycles. The van der Waals surface area contributed by atoms with E-state index in [1.165, 1.54) is 5.57 Å². The number of hydrogen-bond acceptors (Lipinski definition) is 4. The highest BCUT2D eigenvalue weighted by Gasteiger charge is 2.38. The van der Waals surface area contributed by atoms with Crippen molar-refractivity contribution in [3.8, 4) is 5.75 Å². The van der Waals surface area contributed by atoms with Crippen LogP contribution >= 0.6 is 0 Å². The highest BCUT2D eigenvalue weighted by Crippen LogP contribution is 2.38. The van der Waals surface area contributed by atoms with Crippen LogP contribution in [0, 0.1) is 0 Å². The maximum absolute atomic E-state index is 13.4. The molecule has 0 bridgehead atoms. The fourth-order valence-electron chi connectivity index (χ4n) is 4.54. The molecule has 2 aromatic carbocycles. The van der Waals surface area contributed by atoms with E-state index in [4.69, 9.17) is 14.6 Å². The number of aryl methyl sites for hydroxylation is 1. The lowest BCUT2D eigenvalue weighted by atomic mass is 9.85. The first-order valence-electron chi connectivity index (χ1n) is 11.1. The Morgan fingerprint density at radius 2 is 1.75 bits per heavy atom. The van der Waals surface area contributed by atoms with Crippen molar-refractivity contribution < 1.29 is 45.7 Å². The van der Waals surface area contributed by atoms with Crippen molar-refractivity contribution in [1.82, 2.24) is 4.90 Å². The summed E-state index contributed by atoms with van der Waals surface area (Å²) in [4.78, 5) is 12.7. The molecule has 1 aliphatic heterocycles. The van der Waals surface area contributed by atoms with E-state index in [0.29, 0.717) is 37.9 Å². The van der Waals surface area contributed by atoms with Crippen LogP contribution in [0.3, 0.4) is 0 Å². The van der Waals surface area contributed by atoms with Crippen LogP contribution in [0.1, 0.15) is 41.2 Å². The van der Waals surface area contributed by atoms with E-state index in [0.717, 1.165) is 29.2 Å². The summed E-state index contributed by atoms with van der Waals surface area (Å²) in [6, 6.07) is 6.71. The second-order valence-corrected chi connectivity index (χ2v) is 8.90. The van der Waals surface area contributed by atoms with Gasteiger partial charge in [-0.2, -0.15) is 26.3 Å². The first kappa shape index (κ1) is 25.9. The first-order valence-corrected chi connectivity index (χ1v) is 11.1. The predicted molar refractivity (Wildman–Crippen MR) is 117 cm³/mol. The Labute approximate surface area is 202 Å². The Balaban J connectivity index is 1.44. The molecule has 1 N–H and O–H groups in total. The zero-order valence-electron chi connectivity index (χ0n) is 19.2. The number of allylic oxidation sites excluding steroid dienone is 1. The molecule has 1 fully saturated rings. The van der Waals surface area contributed by atoms with Gasteiger partial charge in [0, 0.05) is 25.2 Å². The van der Waals surface area contributed by atoms with E-state index < -0.39 is 36.2 Å². The standard InChI is InChI=1S/C25H23F6NO4/c1-14-16(10-32-11-20(12-32)36-23(33)34)3-2-15-8-19(6-7-21(14)15)35-13-17-4-5-18(24(26,27)28)9-22(17)25(29,30)31/h4-9,20H,2-3,10-13H2,1H3,(H,33,34). The number of fused-ring (bicyclic) bond motifs is 1. The van der Waals surface area contributed by atoms with Gasteiger partial charge in [-0.1, -0.05) is 17.7 Å². The van der Waals surface area contributed by atoms with Gasteiger partial charge in [0.1, 0.15) is 18.5 Å². The van der Waals surface area contributed by atoms with Gasteiger partial charge >= 0.3 is 18.5 Å². The molecule has 5 nitrogen and oxygen atoms in total. The van der Waals surface area contributed by atoms with E-state index in [9.17, 15) is 31.1 Å². The average molecular weight is 515 g/mol. The summed E-state index contributed by atoms with van der Waals surface area (Å²) in [5.41, 5.74) is 1.12. The third kappa shape index (κ3) is 5.77. The van der Waals surface area contributed by atoms with Gasteiger partial charge in [0.15, 0.2) is 0 Å². The summed E-state index contributed by atoms with van der Waals surface area (Å²) >= 11 is 0. The Morgan fingerprint density at radius 1 is 1.03 bits per heavy atom. The number of likely N-dealkylation sites (tertiary alicyclic amines) is 1. The molecule has 1 heterocycles. The SMILES string of the molecule is CC1=C(CN2CC(OC(=O)O)C2)CCc2cc(OCc3ccc(C(F)(F)F)cc3C(F)(F)F)ccc21. The number of carbonyl (C=O) groups is 1. The summed E-state index contributed by atoms with van der Waals surface area (Å²) < 4.78 is 89.1. The van der Waals surface area contributed by atoms with Crippen molar-refractivity contribution in [2.75, 3.05) is 19.6 Å². The summed E-state index contributed by atoms with van der Waals surface area (Å²) in [7, 11) is 0. The Hall–Kier alpha value is -3.21. The molecule has 0 radical (unpaired) electrons. The van der Waals surface area contributed by atoms with Crippen LogP contribution in [0.15, 0.2) is 42.0 Å². The molecular weight excluding hydrogens is 492 g/mol. The lowest BCUT2D eigenvalue weighted by Crippen LogP contribution is -2.53. The van der Waals surface area contributed by atoms with E-state index in [1.807, 2.05) is 13.0 Å². The van der Waals surface area contributed by atoms with Gasteiger partial charge in [0.05, 0.1) is 11.1 Å². The normalized spacial score (nSPS) is 17.0. The van der Waals surface area contributed by atoms with E-state index in [2.05, 4.69) is 4.90 Å². The maximum Gasteiger partial charge on any atom is 0.506 e. The third-order valence-electron chi connectivity index (χ3n) is 6.45. The number of rotatable bonds is 6. The fraction of sp³-hybridized carbons (Fsp3) is 0.400. The minimum absolute atomic E-state index is 0.107. The molecule has 194 valence electrons. The highest BCUT2D eigenvalue weighted by atomic mass is 19.4. The predicted octanol–water partition coefficient (Wildman–Crippen LogP) is 6.40. The molecular formula is C25H23F6NO4. The van der Waals surface area contributed by atoms with Crippen LogP contribution in [-0.4, -0.2) is 41.9 Å². The Morgan fingerprint density at radius 3 is 2.39 bits per heavy atom. The van der Waals surface area contributed by atoms with Crippen LogP contribution in [0.2, 0.25) is 0 Å². The molecule has 4 rings (SSSR count). The van der Waals surface area contributed by atoms with Crippen LogP contribution in [0.5, 0.6) is 5.75 Å². The third-order valence-corrected chi connectivity index (χ3v) is 6.45. The van der Waals surface area contributed by atoms with E-state index >= 15 is 0 Å². The maximum atomic E-state index is 13.4. The zero-order chi connectivity index (χ0) is 26.3. The number of benzene rings is 2. The highest BCUT2D eigenvalue weighted by molar-refractivity contribution is 5.72. The summed E-state index contributed by atoms with van der Waals surface area (Å²) in [5.74, 6) is 0.328. The van der Waals surface area contributed by atoms with Gasteiger partial charge < -0.3 is 14.6 Å². The minimum atomic E-state index is -4.95. The monoisotopic (exact) mass is 515 g/mol. The summed E-state index contributed by atoms with van der Waals surface area (Å²) in [6.07, 6.45) is -9.98. The summed E-state index contributed by atoms with van der Waals surface area (Å²) in [5, 5.41) is 8.67. The number of alkyl halides is 6. The van der Waals surface area contributed by atoms with Gasteiger partial charge in [-0.3, -0.25) is 4.90 Å². The number of halogens is 6. The van der Waals surface area contributed by atoms with Crippen LogP contribution in [-0.2, 0) is 30.1 Å². The van der Waals surface area contributed by atoms with Gasteiger partial charge in [-0.25, -0.2) is 4.79 Å². The van der Waals surface area contributed by atoms with Gasteiger partial charge in [0.2, 0.25) is 0 Å². The smallest absolute Gasteiger partial charge is 0.489 e. The van der Waals surface area contributed by atoms with Gasteiger partial charge in [-0.05, 0) is 60.7 Å². The van der Waals surface area contributed by atoms with Gasteiger partial charge in [-0.15, -0.1) is 0 Å².